The van der Waals surface area contributed by atoms with Crippen LogP contribution in [0.25, 0.3) is 10.2 Å². The molecule has 39 valence electrons. The van der Waals surface area contributed by atoms with Crippen molar-refractivity contribution >= 4 is 21.6 Å². The van der Waals surface area contributed by atoms with Crippen molar-refractivity contribution in [3.8, 4) is 0 Å². The molecule has 0 aromatic carbocycles. The summed E-state index contributed by atoms with van der Waals surface area (Å²) in [6.45, 7) is 0. The smallest absolute Gasteiger partial charge is 0.0570 e. The molecule has 1 nitrogen and oxygen atoms in total. The largest absolute Gasteiger partial charge is 0.360 e. The number of thiophene rings is 1. The molecule has 0 saturated carbocycles. The van der Waals surface area contributed by atoms with Gasteiger partial charge in [-0.15, -0.1) is 11.3 Å². The van der Waals surface area contributed by atoms with E-state index in [1.54, 1.807) is 11.3 Å². The summed E-state index contributed by atoms with van der Waals surface area (Å²) >= 11 is 1.64. The van der Waals surface area contributed by atoms with Gasteiger partial charge in [-0.05, 0) is 12.1 Å². The van der Waals surface area contributed by atoms with Crippen molar-refractivity contribution in [2.45, 2.75) is 0 Å². The van der Waals surface area contributed by atoms with Crippen LogP contribution in [-0.2, 0) is 0 Å². The van der Waals surface area contributed by atoms with Crippen molar-refractivity contribution in [1.82, 2.24) is 4.98 Å². The summed E-state index contributed by atoms with van der Waals surface area (Å²) in [5.74, 6) is 0. The minimum atomic E-state index is 1.19. The fraction of sp³-hybridized carbons (Fsp3) is 0. The molecular weight excluding hydrogens is 118 g/mol. The predicted molar refractivity (Wildman–Crippen MR) is 35.0 cm³/mol. The molecule has 0 atom stereocenters. The van der Waals surface area contributed by atoms with Crippen LogP contribution >= 0.6 is 11.3 Å². The first kappa shape index (κ1) is 4.15. The highest BCUT2D eigenvalue weighted by Gasteiger charge is 1.90. The van der Waals surface area contributed by atoms with E-state index < -0.39 is 0 Å². The van der Waals surface area contributed by atoms with E-state index in [1.807, 2.05) is 12.3 Å². The van der Waals surface area contributed by atoms with Gasteiger partial charge >= 0.3 is 0 Å². The maximum absolute atomic E-state index is 3.08. The van der Waals surface area contributed by atoms with Gasteiger partial charge in [0.1, 0.15) is 0 Å². The number of aromatic amines is 1. The number of rotatable bonds is 0. The number of aromatic nitrogens is 1. The van der Waals surface area contributed by atoms with Gasteiger partial charge in [0.2, 0.25) is 0 Å². The van der Waals surface area contributed by atoms with E-state index in [0.29, 0.717) is 0 Å². The molecule has 0 aliphatic rings. The number of nitrogens with one attached hydrogen (secondary N) is 1. The molecule has 0 amide bonds. The topological polar surface area (TPSA) is 15.8 Å². The van der Waals surface area contributed by atoms with E-state index in [0.717, 1.165) is 0 Å². The first-order chi connectivity index (χ1) is 3.97. The third kappa shape index (κ3) is 0.406. The SMILES string of the molecule is [c]1cc2[nH]ccc2s1. The molecule has 0 bridgehead atoms. The Bertz CT molecular complexity index is 230. The number of H-pyrrole nitrogens is 1. The van der Waals surface area contributed by atoms with Gasteiger partial charge in [0.25, 0.3) is 0 Å². The lowest BCUT2D eigenvalue weighted by molar-refractivity contribution is 1.48. The van der Waals surface area contributed by atoms with Gasteiger partial charge in [-0.1, -0.05) is 0 Å². The Morgan fingerprint density at radius 1 is 1.62 bits per heavy atom. The maximum atomic E-state index is 3.08. The molecule has 0 aliphatic heterocycles. The number of hydrogen-bond acceptors (Lipinski definition) is 1. The van der Waals surface area contributed by atoms with Crippen molar-refractivity contribution in [2.75, 3.05) is 0 Å². The fourth-order valence-electron chi connectivity index (χ4n) is 0.722. The number of hydrogen-bond donors (Lipinski definition) is 1. The van der Waals surface area contributed by atoms with Crippen molar-refractivity contribution < 1.29 is 0 Å². The second-order valence-corrected chi connectivity index (χ2v) is 2.50. The van der Waals surface area contributed by atoms with E-state index >= 15 is 0 Å². The summed E-state index contributed by atoms with van der Waals surface area (Å²) in [5, 5.41) is 3.03. The zero-order chi connectivity index (χ0) is 5.40. The fourth-order valence-corrected chi connectivity index (χ4v) is 1.39. The van der Waals surface area contributed by atoms with Gasteiger partial charge in [0.05, 0.1) is 10.2 Å². The summed E-state index contributed by atoms with van der Waals surface area (Å²) in [6, 6.07) is 4.01. The lowest BCUT2D eigenvalue weighted by atomic mass is 10.5. The van der Waals surface area contributed by atoms with Crippen molar-refractivity contribution in [3.63, 3.8) is 0 Å². The van der Waals surface area contributed by atoms with Crippen LogP contribution in [-0.4, -0.2) is 4.98 Å². The summed E-state index contributed by atoms with van der Waals surface area (Å²) in [4.78, 5) is 3.08. The van der Waals surface area contributed by atoms with E-state index in [2.05, 4.69) is 16.4 Å². The van der Waals surface area contributed by atoms with Gasteiger partial charge in [-0.25, -0.2) is 0 Å². The lowest BCUT2D eigenvalue weighted by Crippen LogP contribution is -1.49. The molecule has 0 spiro atoms. The van der Waals surface area contributed by atoms with Gasteiger partial charge in [-0.3, -0.25) is 0 Å². The van der Waals surface area contributed by atoms with Crippen LogP contribution in [0.2, 0.25) is 0 Å². The van der Waals surface area contributed by atoms with Gasteiger partial charge in [-0.2, -0.15) is 0 Å². The first-order valence-electron chi connectivity index (χ1n) is 2.40. The summed E-state index contributed by atoms with van der Waals surface area (Å²) in [6.07, 6.45) is 1.94. The monoisotopic (exact) mass is 122 g/mol. The summed E-state index contributed by atoms with van der Waals surface area (Å²) in [5.41, 5.74) is 1.19. The highest BCUT2D eigenvalue weighted by molar-refractivity contribution is 7.16. The molecule has 1 radical (unpaired) electrons. The lowest BCUT2D eigenvalue weighted by Gasteiger charge is -1.66. The van der Waals surface area contributed by atoms with Crippen LogP contribution in [0.15, 0.2) is 18.3 Å². The minimum absolute atomic E-state index is 1.19. The van der Waals surface area contributed by atoms with Crippen LogP contribution in [0.1, 0.15) is 0 Å². The van der Waals surface area contributed by atoms with E-state index in [-0.39, 0.29) is 0 Å². The second-order valence-electron chi connectivity index (χ2n) is 1.62. The molecule has 2 heterocycles. The Balaban J connectivity index is 3.06. The van der Waals surface area contributed by atoms with Gasteiger partial charge < -0.3 is 4.98 Å². The Hall–Kier alpha value is -0.760. The molecule has 1 N–H and O–H groups in total. The normalized spacial score (nSPS) is 10.5. The molecule has 0 fully saturated rings. The Morgan fingerprint density at radius 3 is 3.50 bits per heavy atom. The summed E-state index contributed by atoms with van der Waals surface area (Å²) < 4.78 is 1.28. The third-order valence-electron chi connectivity index (χ3n) is 1.11. The molecule has 2 heteroatoms. The highest BCUT2D eigenvalue weighted by Crippen LogP contribution is 2.16. The molecule has 0 saturated heterocycles. The molecule has 2 aromatic rings. The molecule has 0 unspecified atom stereocenters. The first-order valence-corrected chi connectivity index (χ1v) is 3.21. The van der Waals surface area contributed by atoms with Crippen molar-refractivity contribution in [1.29, 1.82) is 0 Å². The van der Waals surface area contributed by atoms with Crippen LogP contribution in [0, 0.1) is 5.38 Å². The Morgan fingerprint density at radius 2 is 2.62 bits per heavy atom. The van der Waals surface area contributed by atoms with Crippen molar-refractivity contribution in [2.24, 2.45) is 0 Å². The maximum Gasteiger partial charge on any atom is 0.0570 e. The van der Waals surface area contributed by atoms with Crippen LogP contribution in [0.5, 0.6) is 0 Å². The highest BCUT2D eigenvalue weighted by atomic mass is 32.1. The van der Waals surface area contributed by atoms with Crippen molar-refractivity contribution in [3.05, 3.63) is 23.7 Å². The minimum Gasteiger partial charge on any atom is -0.360 e. The Kier molecular flexibility index (Phi) is 0.704. The molecular formula is C6H4NS. The third-order valence-corrected chi connectivity index (χ3v) is 1.92. The second kappa shape index (κ2) is 1.36. The molecule has 2 rings (SSSR count). The molecule has 0 aliphatic carbocycles. The summed E-state index contributed by atoms with van der Waals surface area (Å²) in [7, 11) is 0. The Labute approximate surface area is 51.0 Å². The average molecular weight is 122 g/mol. The standard InChI is InChI=1S/C6H4NS/c1-3-7-5-2-4-8-6(1)5/h1-3,7H. The van der Waals surface area contributed by atoms with Crippen LogP contribution in [0.3, 0.4) is 0 Å². The predicted octanol–water partition coefficient (Wildman–Crippen LogP) is 2.03. The quantitative estimate of drug-likeness (QED) is 0.550. The van der Waals surface area contributed by atoms with Gasteiger partial charge in [0.15, 0.2) is 0 Å². The molecule has 8 heavy (non-hydrogen) atoms. The zero-order valence-corrected chi connectivity index (χ0v) is 4.96. The van der Waals surface area contributed by atoms with E-state index in [4.69, 9.17) is 0 Å². The van der Waals surface area contributed by atoms with E-state index in [1.165, 1.54) is 10.2 Å². The molecule has 2 aromatic heterocycles. The average Bonchev–Trinajstić information content (AvgIpc) is 2.15. The van der Waals surface area contributed by atoms with Crippen LogP contribution in [0.4, 0.5) is 0 Å². The van der Waals surface area contributed by atoms with Gasteiger partial charge in [0, 0.05) is 11.6 Å². The zero-order valence-electron chi connectivity index (χ0n) is 4.14. The van der Waals surface area contributed by atoms with Crippen LogP contribution < -0.4 is 0 Å². The van der Waals surface area contributed by atoms with E-state index in [9.17, 15) is 0 Å². The number of fused-ring (bicyclic) bond motifs is 1.